The van der Waals surface area contributed by atoms with Crippen LogP contribution in [0, 0.1) is 18.3 Å². The largest absolute Gasteiger partial charge is 0.337 e. The van der Waals surface area contributed by atoms with Crippen LogP contribution in [0.3, 0.4) is 0 Å². The zero-order valence-electron chi connectivity index (χ0n) is 15.3. The summed E-state index contributed by atoms with van der Waals surface area (Å²) >= 11 is 0. The molecule has 2 heterocycles. The molecule has 0 aliphatic carbocycles. The van der Waals surface area contributed by atoms with Gasteiger partial charge in [0.1, 0.15) is 5.82 Å². The van der Waals surface area contributed by atoms with Crippen LogP contribution in [0.25, 0.3) is 0 Å². The first-order valence-corrected chi connectivity index (χ1v) is 10.1. The van der Waals surface area contributed by atoms with Crippen molar-refractivity contribution in [2.24, 2.45) is 7.05 Å². The predicted octanol–water partition coefficient (Wildman–Crippen LogP) is 1.14. The van der Waals surface area contributed by atoms with E-state index in [0.29, 0.717) is 43.0 Å². The molecule has 0 atom stereocenters. The van der Waals surface area contributed by atoms with Crippen LogP contribution in [0.15, 0.2) is 35.5 Å². The first kappa shape index (κ1) is 19.1. The lowest BCUT2D eigenvalue weighted by Crippen LogP contribution is -2.37. The molecular formula is C18H21N5O3S. The maximum absolute atomic E-state index is 12.8. The third-order valence-electron chi connectivity index (χ3n) is 4.67. The number of rotatable bonds is 3. The van der Waals surface area contributed by atoms with E-state index in [2.05, 4.69) is 4.98 Å². The molecule has 0 spiro atoms. The molecule has 0 unspecified atom stereocenters. The standard InChI is InChI=1S/C18H21N5O3S/c1-14-20-17(13-21(14)2)27(25,26)23-8-4-7-22(9-10-23)18(24)16-6-3-5-15(11-16)12-19/h3,5-6,11,13H,4,7-10H2,1-2H3. The average Bonchev–Trinajstić information content (AvgIpc) is 2.88. The van der Waals surface area contributed by atoms with E-state index in [4.69, 9.17) is 5.26 Å². The van der Waals surface area contributed by atoms with Gasteiger partial charge in [0.05, 0.1) is 11.6 Å². The van der Waals surface area contributed by atoms with E-state index in [0.717, 1.165) is 0 Å². The van der Waals surface area contributed by atoms with Crippen molar-refractivity contribution in [1.82, 2.24) is 18.8 Å². The summed E-state index contributed by atoms with van der Waals surface area (Å²) in [6.07, 6.45) is 2.04. The third-order valence-corrected chi connectivity index (χ3v) is 6.44. The van der Waals surface area contributed by atoms with Crippen LogP contribution < -0.4 is 0 Å². The van der Waals surface area contributed by atoms with Crippen molar-refractivity contribution in [3.8, 4) is 6.07 Å². The number of carbonyl (C=O) groups excluding carboxylic acids is 1. The Kier molecular flexibility index (Phi) is 5.30. The van der Waals surface area contributed by atoms with Gasteiger partial charge in [-0.05, 0) is 31.5 Å². The minimum absolute atomic E-state index is 0.0315. The Labute approximate surface area is 158 Å². The molecule has 142 valence electrons. The zero-order valence-corrected chi connectivity index (χ0v) is 16.1. The monoisotopic (exact) mass is 387 g/mol. The van der Waals surface area contributed by atoms with E-state index >= 15 is 0 Å². The van der Waals surface area contributed by atoms with E-state index in [1.165, 1.54) is 10.5 Å². The Morgan fingerprint density at radius 1 is 1.22 bits per heavy atom. The van der Waals surface area contributed by atoms with Gasteiger partial charge in [0.15, 0.2) is 5.03 Å². The number of aryl methyl sites for hydroxylation is 2. The molecule has 1 amide bonds. The van der Waals surface area contributed by atoms with Crippen molar-refractivity contribution < 1.29 is 13.2 Å². The molecule has 0 saturated carbocycles. The van der Waals surface area contributed by atoms with E-state index in [9.17, 15) is 13.2 Å². The molecule has 0 N–H and O–H groups in total. The fourth-order valence-corrected chi connectivity index (χ4v) is 4.52. The van der Waals surface area contributed by atoms with Crippen LogP contribution in [-0.2, 0) is 17.1 Å². The molecule has 3 rings (SSSR count). The number of hydrogen-bond donors (Lipinski definition) is 0. The predicted molar refractivity (Wildman–Crippen MR) is 98.4 cm³/mol. The van der Waals surface area contributed by atoms with Gasteiger partial charge in [-0.1, -0.05) is 6.07 Å². The molecule has 0 bridgehead atoms. The van der Waals surface area contributed by atoms with Crippen LogP contribution in [0.2, 0.25) is 0 Å². The Morgan fingerprint density at radius 2 is 2.00 bits per heavy atom. The van der Waals surface area contributed by atoms with Crippen molar-refractivity contribution >= 4 is 15.9 Å². The lowest BCUT2D eigenvalue weighted by Gasteiger charge is -2.21. The number of hydrogen-bond acceptors (Lipinski definition) is 5. The Morgan fingerprint density at radius 3 is 2.67 bits per heavy atom. The van der Waals surface area contributed by atoms with Crippen molar-refractivity contribution in [3.63, 3.8) is 0 Å². The van der Waals surface area contributed by atoms with E-state index < -0.39 is 10.0 Å². The average molecular weight is 387 g/mol. The summed E-state index contributed by atoms with van der Waals surface area (Å²) in [6.45, 7) is 3.04. The van der Waals surface area contributed by atoms with Crippen LogP contribution >= 0.6 is 0 Å². The molecule has 1 aliphatic rings. The van der Waals surface area contributed by atoms with Crippen LogP contribution in [0.1, 0.15) is 28.2 Å². The molecule has 8 nitrogen and oxygen atoms in total. The highest BCUT2D eigenvalue weighted by Crippen LogP contribution is 2.18. The number of amides is 1. The summed E-state index contributed by atoms with van der Waals surface area (Å²) in [5.41, 5.74) is 0.858. The highest BCUT2D eigenvalue weighted by molar-refractivity contribution is 7.89. The summed E-state index contributed by atoms with van der Waals surface area (Å²) < 4.78 is 28.7. The summed E-state index contributed by atoms with van der Waals surface area (Å²) in [4.78, 5) is 18.5. The van der Waals surface area contributed by atoms with Crippen molar-refractivity contribution in [2.45, 2.75) is 18.4 Å². The number of aromatic nitrogens is 2. The van der Waals surface area contributed by atoms with Gasteiger partial charge in [-0.3, -0.25) is 4.79 Å². The number of carbonyl (C=O) groups is 1. The van der Waals surface area contributed by atoms with Crippen LogP contribution in [-0.4, -0.2) is 59.3 Å². The van der Waals surface area contributed by atoms with Crippen molar-refractivity contribution in [3.05, 3.63) is 47.4 Å². The zero-order chi connectivity index (χ0) is 19.6. The van der Waals surface area contributed by atoms with Gasteiger partial charge in [-0.15, -0.1) is 0 Å². The number of sulfonamides is 1. The molecule has 9 heteroatoms. The van der Waals surface area contributed by atoms with E-state index in [1.54, 1.807) is 47.7 Å². The van der Waals surface area contributed by atoms with Gasteiger partial charge in [0.2, 0.25) is 0 Å². The maximum Gasteiger partial charge on any atom is 0.262 e. The normalized spacial score (nSPS) is 16.0. The minimum atomic E-state index is -3.69. The molecule has 0 radical (unpaired) electrons. The quantitative estimate of drug-likeness (QED) is 0.786. The van der Waals surface area contributed by atoms with Gasteiger partial charge in [-0.25, -0.2) is 13.4 Å². The van der Waals surface area contributed by atoms with Gasteiger partial charge < -0.3 is 9.47 Å². The van der Waals surface area contributed by atoms with Crippen molar-refractivity contribution in [2.75, 3.05) is 26.2 Å². The highest BCUT2D eigenvalue weighted by atomic mass is 32.2. The Bertz CT molecular complexity index is 987. The summed E-state index contributed by atoms with van der Waals surface area (Å²) in [5, 5.41) is 9.03. The molecule has 27 heavy (non-hydrogen) atoms. The first-order chi connectivity index (χ1) is 12.8. The Hall–Kier alpha value is -2.70. The molecule has 1 fully saturated rings. The smallest absolute Gasteiger partial charge is 0.262 e. The molecule has 1 aliphatic heterocycles. The van der Waals surface area contributed by atoms with Crippen LogP contribution in [0.4, 0.5) is 0 Å². The molecule has 1 saturated heterocycles. The number of nitrogens with zero attached hydrogens (tertiary/aromatic N) is 5. The third kappa shape index (κ3) is 3.86. The molecular weight excluding hydrogens is 366 g/mol. The van der Waals surface area contributed by atoms with E-state index in [-0.39, 0.29) is 17.5 Å². The SMILES string of the molecule is Cc1nc(S(=O)(=O)N2CCCN(C(=O)c3cccc(C#N)c3)CC2)cn1C. The molecule has 1 aromatic heterocycles. The second-order valence-electron chi connectivity index (χ2n) is 6.48. The van der Waals surface area contributed by atoms with Gasteiger partial charge >= 0.3 is 0 Å². The summed E-state index contributed by atoms with van der Waals surface area (Å²) in [5.74, 6) is 0.428. The maximum atomic E-state index is 12.8. The summed E-state index contributed by atoms with van der Waals surface area (Å²) in [6, 6.07) is 8.55. The van der Waals surface area contributed by atoms with Gasteiger partial charge in [-0.2, -0.15) is 9.57 Å². The number of imidazole rings is 1. The molecule has 2 aromatic rings. The van der Waals surface area contributed by atoms with E-state index in [1.807, 2.05) is 6.07 Å². The fourth-order valence-electron chi connectivity index (χ4n) is 3.02. The second-order valence-corrected chi connectivity index (χ2v) is 8.36. The van der Waals surface area contributed by atoms with Crippen LogP contribution in [0.5, 0.6) is 0 Å². The lowest BCUT2D eigenvalue weighted by molar-refractivity contribution is 0.0764. The number of nitriles is 1. The minimum Gasteiger partial charge on any atom is -0.337 e. The summed E-state index contributed by atoms with van der Waals surface area (Å²) in [7, 11) is -1.94. The van der Waals surface area contributed by atoms with Gasteiger partial charge in [0, 0.05) is 45.0 Å². The molecule has 1 aromatic carbocycles. The Balaban J connectivity index is 1.75. The highest BCUT2D eigenvalue weighted by Gasteiger charge is 2.30. The fraction of sp³-hybridized carbons (Fsp3) is 0.389. The number of benzene rings is 1. The topological polar surface area (TPSA) is 99.3 Å². The lowest BCUT2D eigenvalue weighted by atomic mass is 10.1. The van der Waals surface area contributed by atoms with Crippen molar-refractivity contribution in [1.29, 1.82) is 5.26 Å². The second kappa shape index (κ2) is 7.50. The van der Waals surface area contributed by atoms with Gasteiger partial charge in [0.25, 0.3) is 15.9 Å². The first-order valence-electron chi connectivity index (χ1n) is 8.62.